The zero-order chi connectivity index (χ0) is 16.2. The van der Waals surface area contributed by atoms with Gasteiger partial charge in [0.05, 0.1) is 17.2 Å². The molecule has 0 atom stereocenters. The molecule has 0 unspecified atom stereocenters. The van der Waals surface area contributed by atoms with Crippen molar-refractivity contribution in [3.05, 3.63) is 42.5 Å². The summed E-state index contributed by atoms with van der Waals surface area (Å²) in [5.74, 6) is -0.405. The van der Waals surface area contributed by atoms with Crippen molar-refractivity contribution < 1.29 is 9.53 Å². The van der Waals surface area contributed by atoms with Crippen LogP contribution in [0.5, 0.6) is 0 Å². The average Bonchev–Trinajstić information content (AvgIpc) is 2.58. The molecule has 3 rings (SSSR count). The van der Waals surface area contributed by atoms with Crippen molar-refractivity contribution in [1.29, 1.82) is 0 Å². The van der Waals surface area contributed by atoms with E-state index >= 15 is 0 Å². The molecule has 0 spiro atoms. The standard InChI is InChI=1S/C17H16N2O2S2/c1-3-21-17(20)11(2)18-19-12-7-6-10-15-16(12)23-14-9-5-4-8-13(14)22-15/h4-10,19H,3H2,1-2H3/b18-11+. The van der Waals surface area contributed by atoms with Crippen molar-refractivity contribution in [1.82, 2.24) is 0 Å². The van der Waals surface area contributed by atoms with Gasteiger partial charge in [0, 0.05) is 14.7 Å². The third-order valence-corrected chi connectivity index (χ3v) is 5.79. The highest BCUT2D eigenvalue weighted by Gasteiger charge is 2.19. The van der Waals surface area contributed by atoms with Gasteiger partial charge in [-0.2, -0.15) is 5.10 Å². The maximum Gasteiger partial charge on any atom is 0.354 e. The summed E-state index contributed by atoms with van der Waals surface area (Å²) in [5.41, 5.74) is 4.19. The third kappa shape index (κ3) is 3.54. The number of carbonyl (C=O) groups is 1. The van der Waals surface area contributed by atoms with Crippen molar-refractivity contribution >= 4 is 40.9 Å². The van der Waals surface area contributed by atoms with Crippen molar-refractivity contribution in [2.45, 2.75) is 33.4 Å². The Kier molecular flexibility index (Phi) is 4.93. The molecule has 1 aliphatic rings. The van der Waals surface area contributed by atoms with E-state index in [-0.39, 0.29) is 0 Å². The first kappa shape index (κ1) is 16.0. The van der Waals surface area contributed by atoms with Gasteiger partial charge in [-0.15, -0.1) is 0 Å². The number of hydrogen-bond acceptors (Lipinski definition) is 6. The second-order valence-electron chi connectivity index (χ2n) is 4.81. The summed E-state index contributed by atoms with van der Waals surface area (Å²) in [6, 6.07) is 14.4. The lowest BCUT2D eigenvalue weighted by molar-refractivity contribution is -0.135. The van der Waals surface area contributed by atoms with E-state index in [0.29, 0.717) is 12.3 Å². The van der Waals surface area contributed by atoms with Crippen LogP contribution >= 0.6 is 23.5 Å². The Morgan fingerprint density at radius 1 is 1.09 bits per heavy atom. The molecule has 6 heteroatoms. The highest BCUT2D eigenvalue weighted by molar-refractivity contribution is 8.05. The minimum absolute atomic E-state index is 0.304. The minimum Gasteiger partial charge on any atom is -0.461 e. The first-order valence-corrected chi connectivity index (χ1v) is 8.87. The van der Waals surface area contributed by atoms with E-state index in [2.05, 4.69) is 28.7 Å². The number of fused-ring (bicyclic) bond motifs is 2. The molecule has 2 aromatic carbocycles. The Labute approximate surface area is 143 Å². The molecule has 0 amide bonds. The van der Waals surface area contributed by atoms with Crippen molar-refractivity contribution in [3.8, 4) is 0 Å². The van der Waals surface area contributed by atoms with Gasteiger partial charge in [-0.25, -0.2) is 4.79 Å². The van der Waals surface area contributed by atoms with Crippen LogP contribution in [0, 0.1) is 0 Å². The van der Waals surface area contributed by atoms with Gasteiger partial charge in [-0.1, -0.05) is 41.7 Å². The first-order chi connectivity index (χ1) is 11.2. The first-order valence-electron chi connectivity index (χ1n) is 7.24. The molecular formula is C17H16N2O2S2. The fourth-order valence-corrected chi connectivity index (χ4v) is 4.39. The number of hydrazone groups is 1. The predicted molar refractivity (Wildman–Crippen MR) is 94.5 cm³/mol. The minimum atomic E-state index is -0.405. The van der Waals surface area contributed by atoms with Gasteiger partial charge in [0.25, 0.3) is 0 Å². The van der Waals surface area contributed by atoms with Crippen LogP contribution in [0.1, 0.15) is 13.8 Å². The Bertz CT molecular complexity index is 775. The zero-order valence-electron chi connectivity index (χ0n) is 12.8. The summed E-state index contributed by atoms with van der Waals surface area (Å²) in [5, 5.41) is 4.15. The Morgan fingerprint density at radius 2 is 1.78 bits per heavy atom. The number of nitrogens with one attached hydrogen (secondary N) is 1. The molecule has 2 aromatic rings. The molecule has 1 aliphatic heterocycles. The predicted octanol–water partition coefficient (Wildman–Crippen LogP) is 4.65. The van der Waals surface area contributed by atoms with E-state index < -0.39 is 5.97 Å². The van der Waals surface area contributed by atoms with Crippen molar-refractivity contribution in [3.63, 3.8) is 0 Å². The maximum absolute atomic E-state index is 11.6. The molecule has 0 saturated carbocycles. The monoisotopic (exact) mass is 344 g/mol. The van der Waals surface area contributed by atoms with Crippen LogP contribution in [0.15, 0.2) is 67.1 Å². The fraction of sp³-hybridized carbons (Fsp3) is 0.176. The average molecular weight is 344 g/mol. The van der Waals surface area contributed by atoms with Gasteiger partial charge in [-0.3, -0.25) is 5.43 Å². The van der Waals surface area contributed by atoms with Crippen LogP contribution in [0.25, 0.3) is 0 Å². The number of benzene rings is 2. The number of esters is 1. The van der Waals surface area contributed by atoms with E-state index in [1.54, 1.807) is 37.4 Å². The smallest absolute Gasteiger partial charge is 0.354 e. The Balaban J connectivity index is 1.84. The summed E-state index contributed by atoms with van der Waals surface area (Å²) in [6.45, 7) is 3.75. The van der Waals surface area contributed by atoms with Crippen LogP contribution in [0.2, 0.25) is 0 Å². The van der Waals surface area contributed by atoms with E-state index in [4.69, 9.17) is 4.74 Å². The van der Waals surface area contributed by atoms with E-state index in [1.165, 1.54) is 14.7 Å². The van der Waals surface area contributed by atoms with Gasteiger partial charge < -0.3 is 4.74 Å². The van der Waals surface area contributed by atoms with Crippen LogP contribution < -0.4 is 5.43 Å². The highest BCUT2D eigenvalue weighted by atomic mass is 32.2. The molecule has 23 heavy (non-hydrogen) atoms. The molecular weight excluding hydrogens is 328 g/mol. The normalized spacial score (nSPS) is 13.0. The van der Waals surface area contributed by atoms with Gasteiger partial charge in [0.2, 0.25) is 0 Å². The van der Waals surface area contributed by atoms with Gasteiger partial charge in [0.15, 0.2) is 0 Å². The molecule has 1 heterocycles. The molecule has 0 radical (unpaired) electrons. The fourth-order valence-electron chi connectivity index (χ4n) is 2.06. The number of ether oxygens (including phenoxy) is 1. The lowest BCUT2D eigenvalue weighted by atomic mass is 10.3. The molecule has 0 aliphatic carbocycles. The highest BCUT2D eigenvalue weighted by Crippen LogP contribution is 2.50. The van der Waals surface area contributed by atoms with E-state index in [0.717, 1.165) is 10.6 Å². The summed E-state index contributed by atoms with van der Waals surface area (Å²) < 4.78 is 4.93. The topological polar surface area (TPSA) is 50.7 Å². The Hall–Kier alpha value is -1.92. The third-order valence-electron chi connectivity index (χ3n) is 3.17. The quantitative estimate of drug-likeness (QED) is 0.424. The van der Waals surface area contributed by atoms with Crippen LogP contribution in [-0.2, 0) is 9.53 Å². The Morgan fingerprint density at radius 3 is 2.52 bits per heavy atom. The van der Waals surface area contributed by atoms with Gasteiger partial charge >= 0.3 is 5.97 Å². The SMILES string of the molecule is CCOC(=O)/C(C)=N/Nc1cccc2c1Sc1ccccc1S2. The molecule has 118 valence electrons. The van der Waals surface area contributed by atoms with Gasteiger partial charge in [0.1, 0.15) is 5.71 Å². The summed E-state index contributed by atoms with van der Waals surface area (Å²) in [7, 11) is 0. The van der Waals surface area contributed by atoms with Crippen molar-refractivity contribution in [2.24, 2.45) is 5.10 Å². The van der Waals surface area contributed by atoms with Gasteiger partial charge in [-0.05, 0) is 38.1 Å². The van der Waals surface area contributed by atoms with E-state index in [9.17, 15) is 4.79 Å². The van der Waals surface area contributed by atoms with Crippen LogP contribution in [-0.4, -0.2) is 18.3 Å². The largest absolute Gasteiger partial charge is 0.461 e. The lowest BCUT2D eigenvalue weighted by Gasteiger charge is -2.20. The van der Waals surface area contributed by atoms with Crippen LogP contribution in [0.4, 0.5) is 5.69 Å². The lowest BCUT2D eigenvalue weighted by Crippen LogP contribution is -2.15. The molecule has 0 bridgehead atoms. The van der Waals surface area contributed by atoms with Crippen molar-refractivity contribution in [2.75, 3.05) is 12.0 Å². The maximum atomic E-state index is 11.6. The molecule has 0 aromatic heterocycles. The molecule has 4 nitrogen and oxygen atoms in total. The number of rotatable bonds is 4. The van der Waals surface area contributed by atoms with E-state index in [1.807, 2.05) is 24.3 Å². The summed E-state index contributed by atoms with van der Waals surface area (Å²) in [6.07, 6.45) is 0. The second kappa shape index (κ2) is 7.10. The number of carbonyl (C=O) groups excluding carboxylic acids is 1. The molecule has 0 fully saturated rings. The summed E-state index contributed by atoms with van der Waals surface area (Å²) >= 11 is 3.46. The molecule has 0 saturated heterocycles. The summed E-state index contributed by atoms with van der Waals surface area (Å²) in [4.78, 5) is 16.4. The number of hydrogen-bond donors (Lipinski definition) is 1. The number of nitrogens with zero attached hydrogens (tertiary/aromatic N) is 1. The second-order valence-corrected chi connectivity index (χ2v) is 6.95. The van der Waals surface area contributed by atoms with Crippen LogP contribution in [0.3, 0.4) is 0 Å². The zero-order valence-corrected chi connectivity index (χ0v) is 14.5. The number of anilines is 1. The molecule has 1 N–H and O–H groups in total.